The van der Waals surface area contributed by atoms with Crippen molar-refractivity contribution < 1.29 is 14.3 Å². The number of ether oxygens (including phenoxy) is 1. The van der Waals surface area contributed by atoms with E-state index in [4.69, 9.17) is 15.5 Å². The molecule has 4 fully saturated rings. The predicted octanol–water partition coefficient (Wildman–Crippen LogP) is 4.50. The maximum Gasteiger partial charge on any atom is 0.407 e. The molecule has 10 heteroatoms. The monoisotopic (exact) mass is 556 g/mol. The second kappa shape index (κ2) is 9.88. The molecule has 1 heterocycles. The summed E-state index contributed by atoms with van der Waals surface area (Å²) in [5.74, 6) is 2.28. The molecule has 0 saturated heterocycles. The van der Waals surface area contributed by atoms with Gasteiger partial charge in [0.1, 0.15) is 11.4 Å². The van der Waals surface area contributed by atoms with Crippen molar-refractivity contribution >= 4 is 45.4 Å². The lowest BCUT2D eigenvalue weighted by Crippen LogP contribution is -2.61. The summed E-state index contributed by atoms with van der Waals surface area (Å²) in [4.78, 5) is 32.8. The van der Waals surface area contributed by atoms with Gasteiger partial charge in [-0.2, -0.15) is 4.98 Å². The van der Waals surface area contributed by atoms with Gasteiger partial charge in [-0.3, -0.25) is 4.79 Å². The van der Waals surface area contributed by atoms with E-state index in [1.54, 1.807) is 6.20 Å². The van der Waals surface area contributed by atoms with Crippen molar-refractivity contribution in [2.45, 2.75) is 70.1 Å². The first-order valence-electron chi connectivity index (χ1n) is 12.6. The molecule has 5 N–H and O–H groups in total. The molecule has 9 nitrogen and oxygen atoms in total. The highest BCUT2D eigenvalue weighted by molar-refractivity contribution is 9.10. The summed E-state index contributed by atoms with van der Waals surface area (Å²) in [7, 11) is 0. The van der Waals surface area contributed by atoms with E-state index in [9.17, 15) is 9.59 Å². The average molecular weight is 557 g/mol. The molecule has 6 rings (SSSR count). The molecule has 0 aliphatic heterocycles. The van der Waals surface area contributed by atoms with Crippen LogP contribution in [0.2, 0.25) is 0 Å². The molecule has 0 radical (unpaired) electrons. The van der Waals surface area contributed by atoms with E-state index in [0.29, 0.717) is 23.7 Å². The third kappa shape index (κ3) is 5.43. The predicted molar refractivity (Wildman–Crippen MR) is 141 cm³/mol. The fourth-order valence-electron chi connectivity index (χ4n) is 6.55. The summed E-state index contributed by atoms with van der Waals surface area (Å²) >= 11 is 3.60. The molecule has 2 aromatic rings. The van der Waals surface area contributed by atoms with Gasteiger partial charge in [0.25, 0.3) is 0 Å². The number of hydrogen-bond acceptors (Lipinski definition) is 7. The Hall–Kier alpha value is -2.88. The number of nitrogens with zero attached hydrogens (tertiary/aromatic N) is 2. The molecule has 36 heavy (non-hydrogen) atoms. The number of alkyl carbamates (subject to hydrolysis) is 1. The van der Waals surface area contributed by atoms with Gasteiger partial charge < -0.3 is 26.4 Å². The Bertz CT molecular complexity index is 1140. The molecular weight excluding hydrogens is 524 g/mol. The minimum absolute atomic E-state index is 0.0596. The molecule has 4 aliphatic carbocycles. The SMILES string of the molecule is CC(C)NC(=O)OC12CC3CC(C1)C(Nc1nc(Nc4cccc(CC(N)=O)c4)ncc1Br)C(C3)C2. The van der Waals surface area contributed by atoms with Crippen LogP contribution in [0.1, 0.15) is 51.5 Å². The number of benzene rings is 1. The summed E-state index contributed by atoms with van der Waals surface area (Å²) in [6, 6.07) is 7.83. The highest BCUT2D eigenvalue weighted by Crippen LogP contribution is 2.57. The lowest BCUT2D eigenvalue weighted by Gasteiger charge is -2.59. The average Bonchev–Trinajstić information content (AvgIpc) is 2.76. The van der Waals surface area contributed by atoms with E-state index in [1.807, 2.05) is 38.1 Å². The number of carbonyl (C=O) groups is 2. The molecule has 2 atom stereocenters. The van der Waals surface area contributed by atoms with Crippen LogP contribution in [0.4, 0.5) is 22.2 Å². The van der Waals surface area contributed by atoms with Crippen molar-refractivity contribution in [1.82, 2.24) is 15.3 Å². The molecule has 2 unspecified atom stereocenters. The molecule has 1 aromatic carbocycles. The van der Waals surface area contributed by atoms with Crippen molar-refractivity contribution in [3.63, 3.8) is 0 Å². The van der Waals surface area contributed by atoms with E-state index < -0.39 is 0 Å². The van der Waals surface area contributed by atoms with Crippen LogP contribution in [0.15, 0.2) is 34.9 Å². The summed E-state index contributed by atoms with van der Waals surface area (Å²) in [5.41, 5.74) is 6.60. The molecule has 1 aromatic heterocycles. The summed E-state index contributed by atoms with van der Waals surface area (Å²) in [6.07, 6.45) is 6.63. The number of primary amides is 1. The lowest BCUT2D eigenvalue weighted by atomic mass is 9.52. The van der Waals surface area contributed by atoms with Crippen molar-refractivity contribution in [2.75, 3.05) is 10.6 Å². The van der Waals surface area contributed by atoms with Gasteiger partial charge in [-0.05, 0) is 97.3 Å². The number of nitrogens with one attached hydrogen (secondary N) is 3. The smallest absolute Gasteiger partial charge is 0.407 e. The maximum absolute atomic E-state index is 12.4. The Labute approximate surface area is 219 Å². The topological polar surface area (TPSA) is 131 Å². The van der Waals surface area contributed by atoms with Crippen LogP contribution in [0.25, 0.3) is 0 Å². The Balaban J connectivity index is 1.29. The van der Waals surface area contributed by atoms with Gasteiger partial charge in [0.05, 0.1) is 10.9 Å². The lowest BCUT2D eigenvalue weighted by molar-refractivity contribution is -0.132. The van der Waals surface area contributed by atoms with E-state index in [-0.39, 0.29) is 36.1 Å². The molecular formula is C26H33BrN6O3. The largest absolute Gasteiger partial charge is 0.443 e. The third-order valence-electron chi connectivity index (χ3n) is 7.54. The molecule has 192 valence electrons. The number of nitrogens with two attached hydrogens (primary N) is 1. The fourth-order valence-corrected chi connectivity index (χ4v) is 6.85. The maximum atomic E-state index is 12.4. The number of carbonyl (C=O) groups excluding carboxylic acids is 2. The van der Waals surface area contributed by atoms with Crippen molar-refractivity contribution in [2.24, 2.45) is 23.5 Å². The standard InChI is InChI=1S/C26H33BrN6O3/c1-14(2)30-25(35)36-26-10-16-6-17(11-26)22(18(7-16)12-26)32-23-20(27)13-29-24(33-23)31-19-5-3-4-15(8-19)9-21(28)34/h3-5,8,13-14,16-18,22H,6-7,9-12H2,1-2H3,(H2,28,34)(H,30,35)(H2,29,31,32,33). The second-order valence-corrected chi connectivity index (χ2v) is 11.7. The Kier molecular flexibility index (Phi) is 6.80. The van der Waals surface area contributed by atoms with Crippen LogP contribution in [-0.2, 0) is 16.0 Å². The zero-order valence-corrected chi connectivity index (χ0v) is 22.2. The second-order valence-electron chi connectivity index (χ2n) is 10.9. The number of hydrogen-bond donors (Lipinski definition) is 4. The minimum atomic E-state index is -0.373. The summed E-state index contributed by atoms with van der Waals surface area (Å²) in [5, 5.41) is 9.82. The van der Waals surface area contributed by atoms with Crippen molar-refractivity contribution in [3.05, 3.63) is 40.5 Å². The Morgan fingerprint density at radius 1 is 1.22 bits per heavy atom. The Morgan fingerprint density at radius 2 is 1.97 bits per heavy atom. The minimum Gasteiger partial charge on any atom is -0.443 e. The van der Waals surface area contributed by atoms with Gasteiger partial charge in [-0.25, -0.2) is 9.78 Å². The Morgan fingerprint density at radius 3 is 2.67 bits per heavy atom. The van der Waals surface area contributed by atoms with Crippen LogP contribution in [0, 0.1) is 17.8 Å². The van der Waals surface area contributed by atoms with E-state index in [0.717, 1.165) is 53.6 Å². The van der Waals surface area contributed by atoms with Crippen LogP contribution in [-0.4, -0.2) is 39.7 Å². The van der Waals surface area contributed by atoms with E-state index in [1.165, 1.54) is 0 Å². The van der Waals surface area contributed by atoms with E-state index >= 15 is 0 Å². The van der Waals surface area contributed by atoms with Crippen LogP contribution < -0.4 is 21.7 Å². The molecule has 0 spiro atoms. The third-order valence-corrected chi connectivity index (χ3v) is 8.12. The van der Waals surface area contributed by atoms with Gasteiger partial charge in [0.2, 0.25) is 11.9 Å². The normalized spacial score (nSPS) is 28.1. The first kappa shape index (κ1) is 24.8. The highest BCUT2D eigenvalue weighted by Gasteiger charge is 2.57. The van der Waals surface area contributed by atoms with Gasteiger partial charge in [-0.1, -0.05) is 12.1 Å². The van der Waals surface area contributed by atoms with Gasteiger partial charge in [-0.15, -0.1) is 0 Å². The first-order valence-corrected chi connectivity index (χ1v) is 13.4. The first-order chi connectivity index (χ1) is 17.2. The van der Waals surface area contributed by atoms with E-state index in [2.05, 4.69) is 36.9 Å². The number of rotatable bonds is 8. The summed E-state index contributed by atoms with van der Waals surface area (Å²) < 4.78 is 6.85. The molecule has 4 saturated carbocycles. The molecule has 4 aliphatic rings. The highest BCUT2D eigenvalue weighted by atomic mass is 79.9. The molecule has 2 amide bonds. The van der Waals surface area contributed by atoms with Crippen molar-refractivity contribution in [3.8, 4) is 0 Å². The van der Waals surface area contributed by atoms with Gasteiger partial charge >= 0.3 is 6.09 Å². The van der Waals surface area contributed by atoms with Crippen LogP contribution in [0.3, 0.4) is 0 Å². The number of anilines is 3. The summed E-state index contributed by atoms with van der Waals surface area (Å²) in [6.45, 7) is 3.89. The van der Waals surface area contributed by atoms with Crippen LogP contribution >= 0.6 is 15.9 Å². The van der Waals surface area contributed by atoms with Gasteiger partial charge in [0, 0.05) is 24.0 Å². The number of halogens is 1. The zero-order chi connectivity index (χ0) is 25.4. The number of aromatic nitrogens is 2. The fraction of sp³-hybridized carbons (Fsp3) is 0.538. The van der Waals surface area contributed by atoms with Crippen molar-refractivity contribution in [1.29, 1.82) is 0 Å². The van der Waals surface area contributed by atoms with Crippen LogP contribution in [0.5, 0.6) is 0 Å². The number of amides is 2. The molecule has 4 bridgehead atoms. The quantitative estimate of drug-likeness (QED) is 0.376. The zero-order valence-electron chi connectivity index (χ0n) is 20.6. The van der Waals surface area contributed by atoms with Gasteiger partial charge in [0.15, 0.2) is 0 Å².